The third-order valence-electron chi connectivity index (χ3n) is 3.34. The van der Waals surface area contributed by atoms with Crippen molar-refractivity contribution in [1.29, 1.82) is 5.26 Å². The molecule has 0 unspecified atom stereocenters. The van der Waals surface area contributed by atoms with Crippen LogP contribution in [0.15, 0.2) is 47.4 Å². The molecule has 0 aliphatic rings. The predicted molar refractivity (Wildman–Crippen MR) is 97.9 cm³/mol. The Labute approximate surface area is 154 Å². The van der Waals surface area contributed by atoms with Gasteiger partial charge in [-0.25, -0.2) is 4.79 Å². The molecule has 2 rings (SSSR count). The Morgan fingerprint density at radius 2 is 1.92 bits per heavy atom. The van der Waals surface area contributed by atoms with E-state index in [1.807, 2.05) is 24.5 Å². The molecule has 0 radical (unpaired) electrons. The number of esters is 1. The average molecular weight is 375 g/mol. The van der Waals surface area contributed by atoms with E-state index in [0.717, 1.165) is 4.90 Å². The minimum absolute atomic E-state index is 0.235. The van der Waals surface area contributed by atoms with Crippen LogP contribution in [-0.4, -0.2) is 24.2 Å². The fraction of sp³-hybridized carbons (Fsp3) is 0.167. The van der Waals surface area contributed by atoms with E-state index in [1.165, 1.54) is 19.1 Å². The Hall–Kier alpha value is -2.49. The molecule has 5 nitrogen and oxygen atoms in total. The fourth-order valence-electron chi connectivity index (χ4n) is 1.94. The van der Waals surface area contributed by atoms with Crippen LogP contribution >= 0.6 is 23.4 Å². The summed E-state index contributed by atoms with van der Waals surface area (Å²) in [6.07, 6.45) is 0.956. The van der Waals surface area contributed by atoms with Crippen molar-refractivity contribution in [3.8, 4) is 6.07 Å². The second kappa shape index (κ2) is 8.56. The summed E-state index contributed by atoms with van der Waals surface area (Å²) in [6, 6.07) is 13.4. The summed E-state index contributed by atoms with van der Waals surface area (Å²) < 4.78 is 5.18. The number of amides is 1. The van der Waals surface area contributed by atoms with Crippen molar-refractivity contribution in [1.82, 2.24) is 0 Å². The maximum Gasteiger partial charge on any atom is 0.338 e. The van der Waals surface area contributed by atoms with E-state index in [4.69, 9.17) is 21.6 Å². The van der Waals surface area contributed by atoms with Crippen LogP contribution < -0.4 is 5.32 Å². The Kier molecular flexibility index (Phi) is 6.45. The lowest BCUT2D eigenvalue weighted by Crippen LogP contribution is -2.30. The first-order valence-electron chi connectivity index (χ1n) is 7.30. The zero-order valence-corrected chi connectivity index (χ0v) is 15.1. The van der Waals surface area contributed by atoms with Gasteiger partial charge in [0.1, 0.15) is 6.07 Å². The molecule has 1 amide bonds. The summed E-state index contributed by atoms with van der Waals surface area (Å²) in [5, 5.41) is 11.7. The summed E-state index contributed by atoms with van der Waals surface area (Å²) in [7, 11) is 0. The van der Waals surface area contributed by atoms with Crippen LogP contribution in [0.1, 0.15) is 22.8 Å². The van der Waals surface area contributed by atoms with Crippen LogP contribution in [0.3, 0.4) is 0 Å². The highest BCUT2D eigenvalue weighted by molar-refractivity contribution is 7.98. The van der Waals surface area contributed by atoms with Crippen LogP contribution in [0, 0.1) is 11.3 Å². The summed E-state index contributed by atoms with van der Waals surface area (Å²) >= 11 is 7.49. The number of carbonyl (C=O) groups excluding carboxylic acids is 2. The molecule has 7 heteroatoms. The lowest BCUT2D eigenvalue weighted by atomic mass is 10.2. The number of nitriles is 1. The van der Waals surface area contributed by atoms with Crippen molar-refractivity contribution < 1.29 is 14.3 Å². The maximum atomic E-state index is 12.1. The van der Waals surface area contributed by atoms with Crippen molar-refractivity contribution in [2.45, 2.75) is 17.9 Å². The molecule has 0 fully saturated rings. The number of hydrogen-bond acceptors (Lipinski definition) is 5. The van der Waals surface area contributed by atoms with Crippen molar-refractivity contribution in [2.75, 3.05) is 11.6 Å². The molecular formula is C18H15ClN2O3S. The SMILES string of the molecule is CSc1ccc(C(=O)O[C@@H](C)C(=O)Nc2ccc(C#N)c(Cl)c2)cc1. The van der Waals surface area contributed by atoms with Gasteiger partial charge in [-0.2, -0.15) is 5.26 Å². The molecule has 0 spiro atoms. The van der Waals surface area contributed by atoms with Gasteiger partial charge in [0.25, 0.3) is 5.91 Å². The summed E-state index contributed by atoms with van der Waals surface area (Å²) in [4.78, 5) is 25.3. The largest absolute Gasteiger partial charge is 0.449 e. The van der Waals surface area contributed by atoms with Gasteiger partial charge in [0.2, 0.25) is 0 Å². The minimum atomic E-state index is -0.984. The number of thioether (sulfide) groups is 1. The van der Waals surface area contributed by atoms with Gasteiger partial charge >= 0.3 is 5.97 Å². The predicted octanol–water partition coefficient (Wildman–Crippen LogP) is 4.12. The number of nitrogens with zero attached hydrogens (tertiary/aromatic N) is 1. The number of rotatable bonds is 5. The van der Waals surface area contributed by atoms with Crippen molar-refractivity contribution in [2.24, 2.45) is 0 Å². The van der Waals surface area contributed by atoms with Gasteiger partial charge in [-0.3, -0.25) is 4.79 Å². The van der Waals surface area contributed by atoms with E-state index in [0.29, 0.717) is 16.8 Å². The monoisotopic (exact) mass is 374 g/mol. The van der Waals surface area contributed by atoms with E-state index in [1.54, 1.807) is 30.0 Å². The van der Waals surface area contributed by atoms with Crippen molar-refractivity contribution in [3.05, 3.63) is 58.6 Å². The molecule has 1 atom stereocenters. The lowest BCUT2D eigenvalue weighted by molar-refractivity contribution is -0.123. The van der Waals surface area contributed by atoms with Crippen LogP contribution in [-0.2, 0) is 9.53 Å². The molecule has 1 N–H and O–H groups in total. The normalized spacial score (nSPS) is 11.3. The highest BCUT2D eigenvalue weighted by Gasteiger charge is 2.19. The first-order chi connectivity index (χ1) is 11.9. The molecule has 2 aromatic rings. The molecule has 0 aromatic heterocycles. The van der Waals surface area contributed by atoms with Gasteiger partial charge in [0.15, 0.2) is 6.10 Å². The van der Waals surface area contributed by atoms with Gasteiger partial charge in [-0.1, -0.05) is 11.6 Å². The minimum Gasteiger partial charge on any atom is -0.449 e. The number of halogens is 1. The Morgan fingerprint density at radius 1 is 1.24 bits per heavy atom. The molecule has 2 aromatic carbocycles. The summed E-state index contributed by atoms with van der Waals surface area (Å²) in [6.45, 7) is 1.48. The molecule has 0 saturated carbocycles. The second-order valence-electron chi connectivity index (χ2n) is 5.07. The van der Waals surface area contributed by atoms with E-state index < -0.39 is 18.0 Å². The third kappa shape index (κ3) is 4.99. The highest BCUT2D eigenvalue weighted by atomic mass is 35.5. The van der Waals surface area contributed by atoms with E-state index in [-0.39, 0.29) is 5.02 Å². The number of nitrogens with one attached hydrogen (secondary N) is 1. The van der Waals surface area contributed by atoms with Gasteiger partial charge in [-0.15, -0.1) is 11.8 Å². The Morgan fingerprint density at radius 3 is 2.48 bits per heavy atom. The van der Waals surface area contributed by atoms with Crippen LogP contribution in [0.4, 0.5) is 5.69 Å². The molecule has 25 heavy (non-hydrogen) atoms. The third-order valence-corrected chi connectivity index (χ3v) is 4.39. The first-order valence-corrected chi connectivity index (χ1v) is 8.90. The van der Waals surface area contributed by atoms with Gasteiger partial charge in [0.05, 0.1) is 16.1 Å². The van der Waals surface area contributed by atoms with Gasteiger partial charge in [0, 0.05) is 10.6 Å². The number of benzene rings is 2. The second-order valence-corrected chi connectivity index (χ2v) is 6.36. The van der Waals surface area contributed by atoms with E-state index in [2.05, 4.69) is 5.32 Å². The zero-order chi connectivity index (χ0) is 18.4. The Bertz CT molecular complexity index is 831. The standard InChI is InChI=1S/C18H15ClN2O3S/c1-11(24-18(23)12-4-7-15(25-2)8-5-12)17(22)21-14-6-3-13(10-20)16(19)9-14/h3-9,11H,1-2H3,(H,21,22)/t11-/m0/s1. The number of ether oxygens (including phenoxy) is 1. The summed E-state index contributed by atoms with van der Waals surface area (Å²) in [5.41, 5.74) is 1.10. The van der Waals surface area contributed by atoms with Crippen LogP contribution in [0.5, 0.6) is 0 Å². The van der Waals surface area contributed by atoms with Gasteiger partial charge < -0.3 is 10.1 Å². The molecular weight excluding hydrogens is 360 g/mol. The topological polar surface area (TPSA) is 79.2 Å². The quantitative estimate of drug-likeness (QED) is 0.629. The first kappa shape index (κ1) is 18.8. The molecule has 0 heterocycles. The van der Waals surface area contributed by atoms with Gasteiger partial charge in [-0.05, 0) is 55.6 Å². The summed E-state index contributed by atoms with van der Waals surface area (Å²) in [5.74, 6) is -1.07. The smallest absolute Gasteiger partial charge is 0.338 e. The molecule has 0 bridgehead atoms. The number of anilines is 1. The highest BCUT2D eigenvalue weighted by Crippen LogP contribution is 2.20. The number of hydrogen-bond donors (Lipinski definition) is 1. The van der Waals surface area contributed by atoms with E-state index in [9.17, 15) is 9.59 Å². The zero-order valence-electron chi connectivity index (χ0n) is 13.6. The number of carbonyl (C=O) groups is 2. The Balaban J connectivity index is 1.98. The molecule has 0 aliphatic carbocycles. The van der Waals surface area contributed by atoms with Crippen molar-refractivity contribution in [3.63, 3.8) is 0 Å². The average Bonchev–Trinajstić information content (AvgIpc) is 2.61. The molecule has 0 aliphatic heterocycles. The molecule has 128 valence electrons. The van der Waals surface area contributed by atoms with Crippen LogP contribution in [0.25, 0.3) is 0 Å². The molecule has 0 saturated heterocycles. The van der Waals surface area contributed by atoms with E-state index >= 15 is 0 Å². The fourth-order valence-corrected chi connectivity index (χ4v) is 2.57. The van der Waals surface area contributed by atoms with Crippen LogP contribution in [0.2, 0.25) is 5.02 Å². The van der Waals surface area contributed by atoms with Crippen molar-refractivity contribution >= 4 is 40.9 Å². The maximum absolute atomic E-state index is 12.1. The lowest BCUT2D eigenvalue weighted by Gasteiger charge is -2.14.